The standard InChI is InChI=1S/C16H21BrFN7O3S/c17-12-7-11(4-5-13(12)18)22-15(19)14-16(25-28-24-14)23-10-3-1-2-9(6-10)8-21-29(20,26)27/h4-5,7,9-10,21H,1-3,6,8H2,(H2,19,22)(H,23,25)(H2,20,26,27). The first-order chi connectivity index (χ1) is 13.7. The van der Waals surface area contributed by atoms with Crippen LogP contribution in [-0.2, 0) is 10.2 Å². The second-order valence-electron chi connectivity index (χ2n) is 6.86. The summed E-state index contributed by atoms with van der Waals surface area (Å²) in [6.07, 6.45) is 3.38. The molecule has 0 bridgehead atoms. The molecule has 6 N–H and O–H groups in total. The van der Waals surface area contributed by atoms with Crippen molar-refractivity contribution in [3.05, 3.63) is 34.2 Å². The van der Waals surface area contributed by atoms with E-state index in [2.05, 4.69) is 41.6 Å². The van der Waals surface area contributed by atoms with Crippen molar-refractivity contribution in [1.82, 2.24) is 15.0 Å². The summed E-state index contributed by atoms with van der Waals surface area (Å²) in [5.74, 6) is -0.0161. The number of amidine groups is 1. The highest BCUT2D eigenvalue weighted by Crippen LogP contribution is 2.27. The van der Waals surface area contributed by atoms with Crippen LogP contribution >= 0.6 is 15.9 Å². The summed E-state index contributed by atoms with van der Waals surface area (Å²) in [6, 6.07) is 4.31. The van der Waals surface area contributed by atoms with E-state index in [1.807, 2.05) is 0 Å². The van der Waals surface area contributed by atoms with E-state index < -0.39 is 16.0 Å². The quantitative estimate of drug-likeness (QED) is 0.294. The van der Waals surface area contributed by atoms with Gasteiger partial charge in [-0.15, -0.1) is 0 Å². The minimum absolute atomic E-state index is 0.0226. The van der Waals surface area contributed by atoms with Crippen LogP contribution in [0.4, 0.5) is 15.9 Å². The molecule has 13 heteroatoms. The van der Waals surface area contributed by atoms with E-state index in [1.54, 1.807) is 0 Å². The fourth-order valence-electron chi connectivity index (χ4n) is 3.26. The molecule has 1 saturated carbocycles. The summed E-state index contributed by atoms with van der Waals surface area (Å²) in [5, 5.41) is 26.9. The minimum Gasteiger partial charge on any atom is -0.363 e. The average molecular weight is 490 g/mol. The first kappa shape index (κ1) is 21.6. The fourth-order valence-corrected chi connectivity index (χ4v) is 4.11. The highest BCUT2D eigenvalue weighted by Gasteiger charge is 2.25. The van der Waals surface area contributed by atoms with Gasteiger partial charge in [0.1, 0.15) is 5.82 Å². The Labute approximate surface area is 175 Å². The predicted octanol–water partition coefficient (Wildman–Crippen LogP) is 2.17. The van der Waals surface area contributed by atoms with Gasteiger partial charge in [0.25, 0.3) is 10.2 Å². The second kappa shape index (κ2) is 9.15. The van der Waals surface area contributed by atoms with Gasteiger partial charge in [-0.3, -0.25) is 5.41 Å². The number of halogens is 2. The lowest BCUT2D eigenvalue weighted by Crippen LogP contribution is -2.38. The SMILES string of the molecule is N=C(Nc1ccc(F)c(Br)c1)c1nonc1NC1CCCC(CNS(N)(=O)=O)C1. The smallest absolute Gasteiger partial charge is 0.274 e. The van der Waals surface area contributed by atoms with Crippen LogP contribution in [0.3, 0.4) is 0 Å². The van der Waals surface area contributed by atoms with Crippen LogP contribution in [0, 0.1) is 17.1 Å². The molecule has 29 heavy (non-hydrogen) atoms. The maximum atomic E-state index is 13.4. The summed E-state index contributed by atoms with van der Waals surface area (Å²) in [7, 11) is -3.72. The predicted molar refractivity (Wildman–Crippen MR) is 109 cm³/mol. The minimum atomic E-state index is -3.72. The van der Waals surface area contributed by atoms with Gasteiger partial charge in [0.2, 0.25) is 5.82 Å². The number of nitrogens with one attached hydrogen (secondary N) is 4. The molecule has 10 nitrogen and oxygen atoms in total. The Morgan fingerprint density at radius 2 is 2.17 bits per heavy atom. The van der Waals surface area contributed by atoms with E-state index in [0.29, 0.717) is 17.9 Å². The number of rotatable bonds is 7. The van der Waals surface area contributed by atoms with Gasteiger partial charge in [0.15, 0.2) is 11.5 Å². The third kappa shape index (κ3) is 6.19. The van der Waals surface area contributed by atoms with Crippen molar-refractivity contribution >= 4 is 43.5 Å². The van der Waals surface area contributed by atoms with Gasteiger partial charge in [0, 0.05) is 18.3 Å². The largest absolute Gasteiger partial charge is 0.363 e. The average Bonchev–Trinajstić information content (AvgIpc) is 3.11. The number of benzene rings is 1. The van der Waals surface area contributed by atoms with E-state index >= 15 is 0 Å². The summed E-state index contributed by atoms with van der Waals surface area (Å²) in [4.78, 5) is 0. The van der Waals surface area contributed by atoms with Crippen molar-refractivity contribution in [2.75, 3.05) is 17.2 Å². The van der Waals surface area contributed by atoms with Gasteiger partial charge in [-0.25, -0.2) is 18.9 Å². The van der Waals surface area contributed by atoms with Gasteiger partial charge in [-0.2, -0.15) is 8.42 Å². The Morgan fingerprint density at radius 3 is 2.90 bits per heavy atom. The Morgan fingerprint density at radius 1 is 1.38 bits per heavy atom. The zero-order chi connectivity index (χ0) is 21.0. The van der Waals surface area contributed by atoms with Crippen LogP contribution in [0.25, 0.3) is 0 Å². The Bertz CT molecular complexity index is 985. The van der Waals surface area contributed by atoms with Crippen LogP contribution < -0.4 is 20.5 Å². The van der Waals surface area contributed by atoms with Gasteiger partial charge < -0.3 is 10.6 Å². The molecular weight excluding hydrogens is 469 g/mol. The number of anilines is 2. The van der Waals surface area contributed by atoms with E-state index in [0.717, 1.165) is 19.3 Å². The van der Waals surface area contributed by atoms with Crippen molar-refractivity contribution in [3.63, 3.8) is 0 Å². The third-order valence-corrected chi connectivity index (χ3v) is 5.79. The van der Waals surface area contributed by atoms with Crippen LogP contribution in [-0.4, -0.2) is 37.2 Å². The lowest BCUT2D eigenvalue weighted by Gasteiger charge is -2.29. The number of nitrogens with zero attached hydrogens (tertiary/aromatic N) is 2. The summed E-state index contributed by atoms with van der Waals surface area (Å²) in [5.41, 5.74) is 0.694. The maximum absolute atomic E-state index is 13.4. The summed E-state index contributed by atoms with van der Waals surface area (Å²) in [6.45, 7) is 0.276. The molecule has 1 fully saturated rings. The van der Waals surface area contributed by atoms with Crippen molar-refractivity contribution in [3.8, 4) is 0 Å². The number of hydrogen-bond acceptors (Lipinski definition) is 7. The highest BCUT2D eigenvalue weighted by molar-refractivity contribution is 9.10. The Balaban J connectivity index is 1.62. The molecule has 1 aliphatic carbocycles. The third-order valence-electron chi connectivity index (χ3n) is 4.61. The maximum Gasteiger partial charge on any atom is 0.274 e. The number of hydrogen-bond donors (Lipinski definition) is 5. The zero-order valence-corrected chi connectivity index (χ0v) is 17.7. The van der Waals surface area contributed by atoms with Gasteiger partial charge >= 0.3 is 0 Å². The van der Waals surface area contributed by atoms with Gasteiger partial charge in [0.05, 0.1) is 4.47 Å². The molecule has 1 aliphatic rings. The molecular formula is C16H21BrFN7O3S. The summed E-state index contributed by atoms with van der Waals surface area (Å²) < 4.78 is 42.9. The molecule has 1 aromatic heterocycles. The van der Waals surface area contributed by atoms with Crippen LogP contribution in [0.1, 0.15) is 31.4 Å². The normalized spacial score (nSPS) is 19.7. The fraction of sp³-hybridized carbons (Fsp3) is 0.438. The van der Waals surface area contributed by atoms with Crippen LogP contribution in [0.15, 0.2) is 27.3 Å². The first-order valence-electron chi connectivity index (χ1n) is 8.88. The van der Waals surface area contributed by atoms with E-state index in [-0.39, 0.29) is 34.5 Å². The molecule has 0 aliphatic heterocycles. The highest BCUT2D eigenvalue weighted by atomic mass is 79.9. The van der Waals surface area contributed by atoms with Crippen LogP contribution in [0.2, 0.25) is 0 Å². The molecule has 2 unspecified atom stereocenters. The second-order valence-corrected chi connectivity index (χ2v) is 9.09. The molecule has 3 rings (SSSR count). The van der Waals surface area contributed by atoms with Gasteiger partial charge in [-0.05, 0) is 69.6 Å². The molecule has 0 amide bonds. The molecule has 0 saturated heterocycles. The zero-order valence-electron chi connectivity index (χ0n) is 15.3. The Kier molecular flexibility index (Phi) is 6.82. The number of aromatic nitrogens is 2. The van der Waals surface area contributed by atoms with E-state index in [9.17, 15) is 12.8 Å². The van der Waals surface area contributed by atoms with Crippen molar-refractivity contribution in [1.29, 1.82) is 5.41 Å². The lowest BCUT2D eigenvalue weighted by molar-refractivity contribution is 0.305. The molecule has 2 atom stereocenters. The molecule has 1 heterocycles. The lowest BCUT2D eigenvalue weighted by atomic mass is 9.86. The van der Waals surface area contributed by atoms with E-state index in [1.165, 1.54) is 18.2 Å². The van der Waals surface area contributed by atoms with Gasteiger partial charge in [-0.1, -0.05) is 6.42 Å². The molecule has 0 radical (unpaired) electrons. The topological polar surface area (TPSA) is 159 Å². The molecule has 2 aromatic rings. The first-order valence-corrected chi connectivity index (χ1v) is 11.2. The molecule has 158 valence electrons. The molecule has 0 spiro atoms. The summed E-state index contributed by atoms with van der Waals surface area (Å²) >= 11 is 3.10. The van der Waals surface area contributed by atoms with E-state index in [4.69, 9.17) is 15.2 Å². The monoisotopic (exact) mass is 489 g/mol. The number of nitrogens with two attached hydrogens (primary N) is 1. The van der Waals surface area contributed by atoms with Crippen LogP contribution in [0.5, 0.6) is 0 Å². The van der Waals surface area contributed by atoms with Crippen molar-refractivity contribution in [2.24, 2.45) is 11.1 Å². The molecule has 1 aromatic carbocycles. The van der Waals surface area contributed by atoms with Crippen molar-refractivity contribution < 1.29 is 17.4 Å². The van der Waals surface area contributed by atoms with Crippen molar-refractivity contribution in [2.45, 2.75) is 31.7 Å². The Hall–Kier alpha value is -2.09.